The van der Waals surface area contributed by atoms with Gasteiger partial charge in [-0.15, -0.1) is 0 Å². The van der Waals surface area contributed by atoms with Crippen molar-refractivity contribution in [3.8, 4) is 0 Å². The first-order valence-electron chi connectivity index (χ1n) is 8.32. The summed E-state index contributed by atoms with van der Waals surface area (Å²) < 4.78 is 25.4. The molecule has 0 spiro atoms. The van der Waals surface area contributed by atoms with Gasteiger partial charge in [0.1, 0.15) is 5.82 Å². The lowest BCUT2D eigenvalue weighted by atomic mass is 9.92. The first kappa shape index (κ1) is 17.7. The number of carbonyl (C=O) groups is 1. The van der Waals surface area contributed by atoms with Crippen molar-refractivity contribution >= 4 is 21.6 Å². The van der Waals surface area contributed by atoms with E-state index < -0.39 is 9.84 Å². The highest BCUT2D eigenvalue weighted by Crippen LogP contribution is 2.31. The zero-order valence-electron chi connectivity index (χ0n) is 14.7. The Morgan fingerprint density at radius 3 is 2.48 bits per heavy atom. The van der Waals surface area contributed by atoms with Crippen molar-refractivity contribution in [2.45, 2.75) is 38.6 Å². The van der Waals surface area contributed by atoms with Crippen LogP contribution in [-0.2, 0) is 15.3 Å². The summed E-state index contributed by atoms with van der Waals surface area (Å²) in [4.78, 5) is 12.5. The molecule has 134 valence electrons. The number of rotatable bonds is 3. The number of nitrogens with zero attached hydrogens (tertiary/aromatic N) is 2. The Labute approximate surface area is 148 Å². The molecule has 2 heterocycles. The van der Waals surface area contributed by atoms with Gasteiger partial charge < -0.3 is 5.32 Å². The summed E-state index contributed by atoms with van der Waals surface area (Å²) in [6.45, 7) is 6.11. The summed E-state index contributed by atoms with van der Waals surface area (Å²) in [7, 11) is -3.04. The minimum Gasteiger partial charge on any atom is -0.307 e. The molecule has 1 atom stereocenters. The maximum Gasteiger partial charge on any atom is 0.256 e. The maximum absolute atomic E-state index is 12.5. The molecule has 0 saturated carbocycles. The van der Waals surface area contributed by atoms with Crippen LogP contribution in [0.5, 0.6) is 0 Å². The van der Waals surface area contributed by atoms with Crippen LogP contribution in [0.25, 0.3) is 0 Å². The summed E-state index contributed by atoms with van der Waals surface area (Å²) in [5, 5.41) is 7.50. The number of hydrogen-bond acceptors (Lipinski definition) is 4. The Morgan fingerprint density at radius 1 is 1.24 bits per heavy atom. The largest absolute Gasteiger partial charge is 0.307 e. The van der Waals surface area contributed by atoms with Crippen LogP contribution in [0.4, 0.5) is 5.82 Å². The molecule has 0 aliphatic carbocycles. The Balaban J connectivity index is 1.94. The molecule has 3 rings (SSSR count). The minimum atomic E-state index is -3.04. The topological polar surface area (TPSA) is 81.1 Å². The van der Waals surface area contributed by atoms with E-state index in [0.29, 0.717) is 17.8 Å². The molecule has 0 unspecified atom stereocenters. The quantitative estimate of drug-likeness (QED) is 0.911. The molecule has 6 nitrogen and oxygen atoms in total. The average molecular weight is 361 g/mol. The van der Waals surface area contributed by atoms with E-state index in [0.717, 1.165) is 5.69 Å². The van der Waals surface area contributed by atoms with Crippen LogP contribution in [0.1, 0.15) is 49.3 Å². The van der Waals surface area contributed by atoms with Crippen LogP contribution < -0.4 is 5.32 Å². The van der Waals surface area contributed by atoms with Gasteiger partial charge in [0.25, 0.3) is 5.91 Å². The highest BCUT2D eigenvalue weighted by atomic mass is 32.2. The lowest BCUT2D eigenvalue weighted by Gasteiger charge is -2.15. The number of hydrogen-bond donors (Lipinski definition) is 1. The fourth-order valence-electron chi connectivity index (χ4n) is 2.88. The lowest BCUT2D eigenvalue weighted by Crippen LogP contribution is -2.20. The number of carbonyl (C=O) groups excluding carboxylic acids is 1. The first-order valence-corrected chi connectivity index (χ1v) is 10.1. The van der Waals surface area contributed by atoms with Gasteiger partial charge in [-0.3, -0.25) is 4.79 Å². The smallest absolute Gasteiger partial charge is 0.256 e. The third-order valence-corrected chi connectivity index (χ3v) is 6.09. The first-order chi connectivity index (χ1) is 11.7. The second kappa shape index (κ2) is 6.29. The summed E-state index contributed by atoms with van der Waals surface area (Å²) in [5.74, 6) is 0.532. The van der Waals surface area contributed by atoms with Crippen LogP contribution in [0, 0.1) is 0 Å². The molecular formula is C18H23N3O3S. The molecule has 1 amide bonds. The number of benzene rings is 1. The number of amides is 1. The zero-order chi connectivity index (χ0) is 18.2. The molecule has 1 aliphatic rings. The molecule has 1 N–H and O–H groups in total. The Kier molecular flexibility index (Phi) is 4.45. The van der Waals surface area contributed by atoms with Gasteiger partial charge in [-0.25, -0.2) is 13.1 Å². The van der Waals surface area contributed by atoms with Gasteiger partial charge in [0.2, 0.25) is 0 Å². The predicted octanol–water partition coefficient (Wildman–Crippen LogP) is 2.79. The number of aromatic nitrogens is 2. The van der Waals surface area contributed by atoms with Gasteiger partial charge >= 0.3 is 0 Å². The van der Waals surface area contributed by atoms with E-state index in [1.807, 2.05) is 32.9 Å². The van der Waals surface area contributed by atoms with Crippen molar-refractivity contribution in [3.63, 3.8) is 0 Å². The fraction of sp³-hybridized carbons (Fsp3) is 0.444. The average Bonchev–Trinajstić information content (AvgIpc) is 3.11. The molecule has 0 bridgehead atoms. The predicted molar refractivity (Wildman–Crippen MR) is 97.6 cm³/mol. The van der Waals surface area contributed by atoms with E-state index in [9.17, 15) is 13.2 Å². The van der Waals surface area contributed by atoms with Gasteiger partial charge in [0, 0.05) is 17.0 Å². The standard InChI is InChI=1S/C18H23N3O3S/c1-18(2,3)15-11-16(19-17(22)13-7-5-4-6-8-13)21(20-15)14-9-10-25(23,24)12-14/h4-8,11,14H,9-10,12H2,1-3H3,(H,19,22)/t14-/m0/s1. The number of sulfone groups is 1. The van der Waals surface area contributed by atoms with Crippen LogP contribution in [0.3, 0.4) is 0 Å². The van der Waals surface area contributed by atoms with Gasteiger partial charge in [-0.1, -0.05) is 39.0 Å². The lowest BCUT2D eigenvalue weighted by molar-refractivity contribution is 0.102. The molecule has 1 fully saturated rings. The monoisotopic (exact) mass is 361 g/mol. The van der Waals surface area contributed by atoms with Crippen LogP contribution in [0.2, 0.25) is 0 Å². The van der Waals surface area contributed by atoms with Crippen molar-refractivity contribution in [3.05, 3.63) is 47.7 Å². The molecule has 7 heteroatoms. The molecule has 25 heavy (non-hydrogen) atoms. The highest BCUT2D eigenvalue weighted by Gasteiger charge is 2.32. The van der Waals surface area contributed by atoms with Gasteiger partial charge in [-0.2, -0.15) is 5.10 Å². The molecule has 1 saturated heterocycles. The van der Waals surface area contributed by atoms with E-state index in [-0.39, 0.29) is 28.9 Å². The van der Waals surface area contributed by atoms with E-state index in [2.05, 4.69) is 10.4 Å². The Hall–Kier alpha value is -2.15. The van der Waals surface area contributed by atoms with Crippen LogP contribution >= 0.6 is 0 Å². The summed E-state index contributed by atoms with van der Waals surface area (Å²) in [6.07, 6.45) is 0.516. The van der Waals surface area contributed by atoms with Crippen molar-refractivity contribution in [2.75, 3.05) is 16.8 Å². The van der Waals surface area contributed by atoms with Crippen molar-refractivity contribution < 1.29 is 13.2 Å². The number of nitrogens with one attached hydrogen (secondary N) is 1. The van der Waals surface area contributed by atoms with E-state index in [4.69, 9.17) is 0 Å². The fourth-order valence-corrected chi connectivity index (χ4v) is 4.57. The van der Waals surface area contributed by atoms with E-state index >= 15 is 0 Å². The third-order valence-electron chi connectivity index (χ3n) is 4.34. The Morgan fingerprint density at radius 2 is 1.92 bits per heavy atom. The van der Waals surface area contributed by atoms with E-state index in [1.165, 1.54) is 0 Å². The maximum atomic E-state index is 12.5. The molecule has 1 aliphatic heterocycles. The van der Waals surface area contributed by atoms with Gasteiger partial charge in [0.05, 0.1) is 23.2 Å². The normalized spacial score (nSPS) is 19.7. The molecule has 2 aromatic rings. The van der Waals surface area contributed by atoms with Crippen LogP contribution in [-0.4, -0.2) is 35.6 Å². The highest BCUT2D eigenvalue weighted by molar-refractivity contribution is 7.91. The SMILES string of the molecule is CC(C)(C)c1cc(NC(=O)c2ccccc2)n([C@H]2CCS(=O)(=O)C2)n1. The van der Waals surface area contributed by atoms with E-state index in [1.54, 1.807) is 28.9 Å². The van der Waals surface area contributed by atoms with Crippen molar-refractivity contribution in [2.24, 2.45) is 0 Å². The zero-order valence-corrected chi connectivity index (χ0v) is 15.5. The molecule has 1 aromatic heterocycles. The second-order valence-corrected chi connectivity index (χ2v) is 9.72. The molecule has 1 aromatic carbocycles. The third kappa shape index (κ3) is 3.92. The second-order valence-electron chi connectivity index (χ2n) is 7.49. The molecule has 0 radical (unpaired) electrons. The summed E-state index contributed by atoms with van der Waals surface area (Å²) >= 11 is 0. The molecular weight excluding hydrogens is 338 g/mol. The van der Waals surface area contributed by atoms with Crippen molar-refractivity contribution in [1.82, 2.24) is 9.78 Å². The van der Waals surface area contributed by atoms with Gasteiger partial charge in [-0.05, 0) is 18.6 Å². The summed E-state index contributed by atoms with van der Waals surface area (Å²) in [5.41, 5.74) is 1.17. The van der Waals surface area contributed by atoms with Gasteiger partial charge in [0.15, 0.2) is 9.84 Å². The Bertz CT molecular complexity index is 880. The van der Waals surface area contributed by atoms with Crippen LogP contribution in [0.15, 0.2) is 36.4 Å². The number of anilines is 1. The summed E-state index contributed by atoms with van der Waals surface area (Å²) in [6, 6.07) is 10.5. The minimum absolute atomic E-state index is 0.0620. The van der Waals surface area contributed by atoms with Crippen molar-refractivity contribution in [1.29, 1.82) is 0 Å².